The van der Waals surface area contributed by atoms with Gasteiger partial charge in [-0.3, -0.25) is 4.79 Å². The van der Waals surface area contributed by atoms with Crippen molar-refractivity contribution in [1.29, 1.82) is 0 Å². The molecule has 0 fully saturated rings. The van der Waals surface area contributed by atoms with Crippen molar-refractivity contribution in [2.24, 2.45) is 5.41 Å². The van der Waals surface area contributed by atoms with E-state index in [4.69, 9.17) is 25.8 Å². The molecule has 9 heteroatoms. The summed E-state index contributed by atoms with van der Waals surface area (Å²) in [7, 11) is -3.85. The van der Waals surface area contributed by atoms with Gasteiger partial charge in [-0.25, -0.2) is 12.8 Å². The van der Waals surface area contributed by atoms with E-state index in [9.17, 15) is 17.6 Å². The van der Waals surface area contributed by atoms with Gasteiger partial charge in [0, 0.05) is 17.5 Å². The molecule has 0 N–H and O–H groups in total. The number of aryl methyl sites for hydroxylation is 1. The quantitative estimate of drug-likeness (QED) is 0.256. The van der Waals surface area contributed by atoms with Crippen LogP contribution in [0.5, 0.6) is 11.5 Å². The number of hydrogen-bond acceptors (Lipinski definition) is 6. The molecular weight excluding hydrogens is 543 g/mol. The minimum absolute atomic E-state index is 0.128. The zero-order valence-electron chi connectivity index (χ0n) is 22.4. The van der Waals surface area contributed by atoms with Crippen LogP contribution >= 0.6 is 11.6 Å². The Kier molecular flexibility index (Phi) is 8.57. The Bertz CT molecular complexity index is 1450. The van der Waals surface area contributed by atoms with Crippen LogP contribution in [0.25, 0.3) is 0 Å². The van der Waals surface area contributed by atoms with Crippen molar-refractivity contribution in [2.75, 3.05) is 6.61 Å². The number of hydrogen-bond donors (Lipinski definition) is 0. The van der Waals surface area contributed by atoms with Crippen LogP contribution in [0.1, 0.15) is 55.6 Å². The maximum Gasteiger partial charge on any atom is 0.311 e. The summed E-state index contributed by atoms with van der Waals surface area (Å²) in [6, 6.07) is 16.1. The Hall–Kier alpha value is -3.10. The van der Waals surface area contributed by atoms with E-state index in [2.05, 4.69) is 0 Å². The molecule has 2 unspecified atom stereocenters. The van der Waals surface area contributed by atoms with Crippen molar-refractivity contribution in [3.8, 4) is 11.5 Å². The SMILES string of the molecule is CCOC(=O)C(C)(C)CC1CC(S(=O)(=O)c2cccc(C)c2)c2cc(OCc3c(F)cccc3Cl)ccc2O1. The molecule has 2 atom stereocenters. The summed E-state index contributed by atoms with van der Waals surface area (Å²) in [4.78, 5) is 12.8. The third-order valence-corrected chi connectivity index (χ3v) is 9.26. The summed E-state index contributed by atoms with van der Waals surface area (Å²) < 4.78 is 59.5. The molecule has 208 valence electrons. The van der Waals surface area contributed by atoms with Crippen molar-refractivity contribution < 1.29 is 31.8 Å². The first kappa shape index (κ1) is 28.9. The first-order valence-corrected chi connectivity index (χ1v) is 14.7. The molecule has 3 aromatic carbocycles. The van der Waals surface area contributed by atoms with E-state index in [0.717, 1.165) is 5.56 Å². The van der Waals surface area contributed by atoms with Crippen LogP contribution in [0.3, 0.4) is 0 Å². The highest BCUT2D eigenvalue weighted by Gasteiger charge is 2.42. The molecule has 1 aliphatic heterocycles. The van der Waals surface area contributed by atoms with Gasteiger partial charge < -0.3 is 14.2 Å². The monoisotopic (exact) mass is 574 g/mol. The van der Waals surface area contributed by atoms with Gasteiger partial charge in [-0.05, 0) is 82.1 Å². The van der Waals surface area contributed by atoms with Crippen LogP contribution in [0.2, 0.25) is 5.02 Å². The molecule has 1 heterocycles. The second-order valence-electron chi connectivity index (χ2n) is 10.3. The van der Waals surface area contributed by atoms with Crippen molar-refractivity contribution in [2.45, 2.75) is 63.4 Å². The van der Waals surface area contributed by atoms with Crippen LogP contribution in [0.4, 0.5) is 4.39 Å². The van der Waals surface area contributed by atoms with Crippen molar-refractivity contribution in [3.63, 3.8) is 0 Å². The molecule has 0 radical (unpaired) electrons. The molecule has 3 aromatic rings. The normalized spacial score (nSPS) is 17.2. The number of carbonyl (C=O) groups is 1. The van der Waals surface area contributed by atoms with E-state index in [-0.39, 0.29) is 47.5 Å². The van der Waals surface area contributed by atoms with Crippen LogP contribution < -0.4 is 9.47 Å². The third-order valence-electron chi connectivity index (χ3n) is 6.80. The Morgan fingerprint density at radius 3 is 2.56 bits per heavy atom. The van der Waals surface area contributed by atoms with Gasteiger partial charge in [0.25, 0.3) is 0 Å². The summed E-state index contributed by atoms with van der Waals surface area (Å²) >= 11 is 6.13. The average molecular weight is 575 g/mol. The van der Waals surface area contributed by atoms with Gasteiger partial charge in [0.1, 0.15) is 30.0 Å². The Morgan fingerprint density at radius 2 is 1.87 bits per heavy atom. The summed E-state index contributed by atoms with van der Waals surface area (Å²) in [6.07, 6.45) is -0.144. The van der Waals surface area contributed by atoms with Gasteiger partial charge in [-0.2, -0.15) is 0 Å². The van der Waals surface area contributed by atoms with Crippen molar-refractivity contribution in [3.05, 3.63) is 88.2 Å². The molecular formula is C30H32ClFO6S. The first-order chi connectivity index (χ1) is 18.4. The van der Waals surface area contributed by atoms with E-state index in [0.29, 0.717) is 17.1 Å². The topological polar surface area (TPSA) is 78.9 Å². The fraction of sp³-hybridized carbons (Fsp3) is 0.367. The maximum atomic E-state index is 14.3. The van der Waals surface area contributed by atoms with Gasteiger partial charge >= 0.3 is 5.97 Å². The maximum absolute atomic E-state index is 14.3. The molecule has 39 heavy (non-hydrogen) atoms. The van der Waals surface area contributed by atoms with Gasteiger partial charge in [0.15, 0.2) is 9.84 Å². The zero-order chi connectivity index (χ0) is 28.4. The second kappa shape index (κ2) is 11.6. The van der Waals surface area contributed by atoms with E-state index in [1.54, 1.807) is 63.2 Å². The lowest BCUT2D eigenvalue weighted by molar-refractivity contribution is -0.155. The molecule has 6 nitrogen and oxygen atoms in total. The van der Waals surface area contributed by atoms with Crippen LogP contribution in [-0.4, -0.2) is 27.1 Å². The fourth-order valence-electron chi connectivity index (χ4n) is 4.75. The smallest absolute Gasteiger partial charge is 0.311 e. The predicted octanol–water partition coefficient (Wildman–Crippen LogP) is 7.01. The lowest BCUT2D eigenvalue weighted by atomic mass is 9.84. The number of ether oxygens (including phenoxy) is 3. The Labute approximate surface area is 234 Å². The van der Waals surface area contributed by atoms with Gasteiger partial charge in [-0.15, -0.1) is 0 Å². The van der Waals surface area contributed by atoms with Gasteiger partial charge in [-0.1, -0.05) is 29.8 Å². The average Bonchev–Trinajstić information content (AvgIpc) is 2.88. The van der Waals surface area contributed by atoms with Crippen molar-refractivity contribution >= 4 is 27.4 Å². The number of halogens is 2. The molecule has 1 aliphatic rings. The number of benzene rings is 3. The summed E-state index contributed by atoms with van der Waals surface area (Å²) in [5, 5.41) is -0.713. The van der Waals surface area contributed by atoms with Crippen LogP contribution in [-0.2, 0) is 26.0 Å². The van der Waals surface area contributed by atoms with Crippen LogP contribution in [0, 0.1) is 18.2 Å². The number of carbonyl (C=O) groups excluding carboxylic acids is 1. The predicted molar refractivity (Wildman–Crippen MR) is 147 cm³/mol. The van der Waals surface area contributed by atoms with Crippen LogP contribution in [0.15, 0.2) is 65.6 Å². The summed E-state index contributed by atoms with van der Waals surface area (Å²) in [6.45, 7) is 7.23. The molecule has 0 saturated heterocycles. The van der Waals surface area contributed by atoms with Gasteiger partial charge in [0.05, 0.1) is 27.2 Å². The lowest BCUT2D eigenvalue weighted by Gasteiger charge is -2.35. The number of rotatable bonds is 9. The third kappa shape index (κ3) is 6.39. The first-order valence-electron chi connectivity index (χ1n) is 12.8. The largest absolute Gasteiger partial charge is 0.490 e. The molecule has 0 aliphatic carbocycles. The van der Waals surface area contributed by atoms with E-state index >= 15 is 0 Å². The minimum atomic E-state index is -3.85. The number of esters is 1. The standard InChI is InChI=1S/C30H32ClFO6S/c1-5-36-29(33)30(3,4)17-21-16-28(39(34,35)22-9-6-8-19(2)14-22)23-15-20(12-13-27(23)38-21)37-18-24-25(31)10-7-11-26(24)32/h6-15,21,28H,5,16-18H2,1-4H3. The molecule has 0 bridgehead atoms. The van der Waals surface area contributed by atoms with Crippen molar-refractivity contribution in [1.82, 2.24) is 0 Å². The second-order valence-corrected chi connectivity index (χ2v) is 12.9. The molecule has 0 saturated carbocycles. The highest BCUT2D eigenvalue weighted by molar-refractivity contribution is 7.91. The summed E-state index contributed by atoms with van der Waals surface area (Å²) in [5.74, 6) is -0.112. The highest BCUT2D eigenvalue weighted by Crippen LogP contribution is 2.46. The van der Waals surface area contributed by atoms with E-state index in [1.165, 1.54) is 12.1 Å². The van der Waals surface area contributed by atoms with Gasteiger partial charge in [0.2, 0.25) is 0 Å². The minimum Gasteiger partial charge on any atom is -0.490 e. The molecule has 4 rings (SSSR count). The fourth-order valence-corrected chi connectivity index (χ4v) is 6.90. The van der Waals surface area contributed by atoms with E-state index in [1.807, 2.05) is 13.0 Å². The van der Waals surface area contributed by atoms with E-state index < -0.39 is 32.4 Å². The number of fused-ring (bicyclic) bond motifs is 1. The Balaban J connectivity index is 1.69. The number of sulfone groups is 1. The molecule has 0 spiro atoms. The zero-order valence-corrected chi connectivity index (χ0v) is 23.9. The lowest BCUT2D eigenvalue weighted by Crippen LogP contribution is -2.37. The molecule has 0 amide bonds. The highest BCUT2D eigenvalue weighted by atomic mass is 35.5. The summed E-state index contributed by atoms with van der Waals surface area (Å²) in [5.41, 5.74) is 0.595. The molecule has 0 aromatic heterocycles. The Morgan fingerprint density at radius 1 is 1.13 bits per heavy atom.